The van der Waals surface area contributed by atoms with Crippen molar-refractivity contribution in [3.8, 4) is 0 Å². The highest BCUT2D eigenvalue weighted by molar-refractivity contribution is 5.94. The van der Waals surface area contributed by atoms with E-state index in [2.05, 4.69) is 15.6 Å². The summed E-state index contributed by atoms with van der Waals surface area (Å²) in [6.45, 7) is 4.66. The Labute approximate surface area is 113 Å². The van der Waals surface area contributed by atoms with Gasteiger partial charge >= 0.3 is 0 Å². The van der Waals surface area contributed by atoms with Crippen LogP contribution in [0.25, 0.3) is 0 Å². The standard InChI is InChI=1S/C15H19N3O/c1-11(2)18-15(19)13-3-5-14(6-4-13)17-10-12-7-8-16-9-12/h3-9,11,16-17H,10H2,1-2H3,(H,18,19). The minimum Gasteiger partial charge on any atom is -0.381 e. The summed E-state index contributed by atoms with van der Waals surface area (Å²) in [7, 11) is 0. The van der Waals surface area contributed by atoms with Gasteiger partial charge in [0.15, 0.2) is 0 Å². The third-order valence-corrected chi connectivity index (χ3v) is 2.73. The van der Waals surface area contributed by atoms with Crippen LogP contribution in [0.2, 0.25) is 0 Å². The molecule has 2 rings (SSSR count). The number of rotatable bonds is 5. The molecule has 3 N–H and O–H groups in total. The average molecular weight is 257 g/mol. The zero-order chi connectivity index (χ0) is 13.7. The van der Waals surface area contributed by atoms with Crippen LogP contribution in [0.15, 0.2) is 42.7 Å². The van der Waals surface area contributed by atoms with Crippen molar-refractivity contribution in [3.05, 3.63) is 53.9 Å². The Morgan fingerprint density at radius 1 is 1.21 bits per heavy atom. The summed E-state index contributed by atoms with van der Waals surface area (Å²) < 4.78 is 0. The highest BCUT2D eigenvalue weighted by Gasteiger charge is 2.06. The molecule has 1 aromatic heterocycles. The van der Waals surface area contributed by atoms with E-state index in [0.29, 0.717) is 5.56 Å². The molecular formula is C15H19N3O. The van der Waals surface area contributed by atoms with Gasteiger partial charge in [-0.15, -0.1) is 0 Å². The number of amides is 1. The van der Waals surface area contributed by atoms with Gasteiger partial charge in [-0.1, -0.05) is 0 Å². The minimum atomic E-state index is -0.0350. The third-order valence-electron chi connectivity index (χ3n) is 2.73. The van der Waals surface area contributed by atoms with Crippen molar-refractivity contribution in [3.63, 3.8) is 0 Å². The maximum atomic E-state index is 11.8. The molecule has 2 aromatic rings. The van der Waals surface area contributed by atoms with E-state index in [-0.39, 0.29) is 11.9 Å². The number of aromatic nitrogens is 1. The number of carbonyl (C=O) groups excluding carboxylic acids is 1. The molecule has 19 heavy (non-hydrogen) atoms. The summed E-state index contributed by atoms with van der Waals surface area (Å²) in [5, 5.41) is 6.17. The van der Waals surface area contributed by atoms with Gasteiger partial charge in [-0.25, -0.2) is 0 Å². The summed E-state index contributed by atoms with van der Waals surface area (Å²) in [5.74, 6) is -0.0350. The van der Waals surface area contributed by atoms with Crippen LogP contribution in [-0.4, -0.2) is 16.9 Å². The van der Waals surface area contributed by atoms with Crippen LogP contribution < -0.4 is 10.6 Å². The molecule has 4 nitrogen and oxygen atoms in total. The molecule has 0 fully saturated rings. The number of carbonyl (C=O) groups is 1. The number of benzene rings is 1. The van der Waals surface area contributed by atoms with Crippen molar-refractivity contribution in [2.24, 2.45) is 0 Å². The van der Waals surface area contributed by atoms with Crippen molar-refractivity contribution in [1.82, 2.24) is 10.3 Å². The summed E-state index contributed by atoms with van der Waals surface area (Å²) in [4.78, 5) is 14.8. The minimum absolute atomic E-state index is 0.0350. The molecule has 0 atom stereocenters. The SMILES string of the molecule is CC(C)NC(=O)c1ccc(NCc2cc[nH]c2)cc1. The van der Waals surface area contributed by atoms with Gasteiger partial charge in [0.1, 0.15) is 0 Å². The largest absolute Gasteiger partial charge is 0.381 e. The number of nitrogens with one attached hydrogen (secondary N) is 3. The van der Waals surface area contributed by atoms with Gasteiger partial charge in [-0.2, -0.15) is 0 Å². The van der Waals surface area contributed by atoms with Gasteiger partial charge in [-0.3, -0.25) is 4.79 Å². The number of anilines is 1. The average Bonchev–Trinajstić information content (AvgIpc) is 2.89. The number of hydrogen-bond acceptors (Lipinski definition) is 2. The van der Waals surface area contributed by atoms with Gasteiger partial charge in [0.2, 0.25) is 0 Å². The maximum absolute atomic E-state index is 11.8. The summed E-state index contributed by atoms with van der Waals surface area (Å²) in [6, 6.07) is 9.68. The van der Waals surface area contributed by atoms with Crippen molar-refractivity contribution in [2.45, 2.75) is 26.4 Å². The Kier molecular flexibility index (Phi) is 4.23. The van der Waals surface area contributed by atoms with E-state index >= 15 is 0 Å². The third kappa shape index (κ3) is 3.88. The van der Waals surface area contributed by atoms with E-state index in [4.69, 9.17) is 0 Å². The van der Waals surface area contributed by atoms with E-state index < -0.39 is 0 Å². The molecule has 100 valence electrons. The van der Waals surface area contributed by atoms with Crippen LogP contribution in [0.5, 0.6) is 0 Å². The lowest BCUT2D eigenvalue weighted by molar-refractivity contribution is 0.0943. The highest BCUT2D eigenvalue weighted by atomic mass is 16.1. The lowest BCUT2D eigenvalue weighted by atomic mass is 10.2. The smallest absolute Gasteiger partial charge is 0.251 e. The molecule has 0 saturated heterocycles. The molecule has 0 bridgehead atoms. The number of H-pyrrole nitrogens is 1. The summed E-state index contributed by atoms with van der Waals surface area (Å²) in [6.07, 6.45) is 3.85. The Hall–Kier alpha value is -2.23. The van der Waals surface area contributed by atoms with Gasteiger partial charge < -0.3 is 15.6 Å². The predicted octanol–water partition coefficient (Wildman–Crippen LogP) is 2.77. The van der Waals surface area contributed by atoms with Crippen molar-refractivity contribution >= 4 is 11.6 Å². The fourth-order valence-corrected chi connectivity index (χ4v) is 1.76. The first-order valence-electron chi connectivity index (χ1n) is 6.41. The monoisotopic (exact) mass is 257 g/mol. The first kappa shape index (κ1) is 13.2. The Morgan fingerprint density at radius 2 is 1.95 bits per heavy atom. The predicted molar refractivity (Wildman–Crippen MR) is 77.2 cm³/mol. The molecule has 4 heteroatoms. The molecule has 1 heterocycles. The zero-order valence-corrected chi connectivity index (χ0v) is 11.2. The van der Waals surface area contributed by atoms with Gasteiger partial charge in [-0.05, 0) is 49.7 Å². The first-order valence-corrected chi connectivity index (χ1v) is 6.41. The fourth-order valence-electron chi connectivity index (χ4n) is 1.76. The zero-order valence-electron chi connectivity index (χ0n) is 11.2. The number of hydrogen-bond donors (Lipinski definition) is 3. The topological polar surface area (TPSA) is 56.9 Å². The van der Waals surface area contributed by atoms with E-state index in [1.54, 1.807) is 0 Å². The van der Waals surface area contributed by atoms with Crippen molar-refractivity contribution in [2.75, 3.05) is 5.32 Å². The van der Waals surface area contributed by atoms with Crippen LogP contribution in [0.3, 0.4) is 0 Å². The molecule has 0 aliphatic carbocycles. The maximum Gasteiger partial charge on any atom is 0.251 e. The first-order chi connectivity index (χ1) is 9.15. The second kappa shape index (κ2) is 6.09. The molecule has 1 aromatic carbocycles. The summed E-state index contributed by atoms with van der Waals surface area (Å²) >= 11 is 0. The molecule has 1 amide bonds. The molecular weight excluding hydrogens is 238 g/mol. The van der Waals surface area contributed by atoms with E-state index in [9.17, 15) is 4.79 Å². The summed E-state index contributed by atoms with van der Waals surface area (Å²) in [5.41, 5.74) is 2.88. The molecule has 0 radical (unpaired) electrons. The second-order valence-corrected chi connectivity index (χ2v) is 4.78. The fraction of sp³-hybridized carbons (Fsp3) is 0.267. The van der Waals surface area contributed by atoms with Gasteiger partial charge in [0.05, 0.1) is 0 Å². The Balaban J connectivity index is 1.92. The molecule has 0 aliphatic rings. The lowest BCUT2D eigenvalue weighted by Crippen LogP contribution is -2.29. The Morgan fingerprint density at radius 3 is 2.53 bits per heavy atom. The van der Waals surface area contributed by atoms with E-state index in [1.807, 2.05) is 56.6 Å². The molecule has 0 aliphatic heterocycles. The molecule has 0 unspecified atom stereocenters. The van der Waals surface area contributed by atoms with Crippen LogP contribution in [0, 0.1) is 0 Å². The normalized spacial score (nSPS) is 10.5. The van der Waals surface area contributed by atoms with Crippen LogP contribution in [0.4, 0.5) is 5.69 Å². The van der Waals surface area contributed by atoms with Crippen molar-refractivity contribution < 1.29 is 4.79 Å². The quantitative estimate of drug-likeness (QED) is 0.771. The van der Waals surface area contributed by atoms with Crippen LogP contribution in [0.1, 0.15) is 29.8 Å². The number of aromatic amines is 1. The van der Waals surface area contributed by atoms with Gasteiger partial charge in [0.25, 0.3) is 5.91 Å². The van der Waals surface area contributed by atoms with Gasteiger partial charge in [0, 0.05) is 36.2 Å². The van der Waals surface area contributed by atoms with E-state index in [0.717, 1.165) is 12.2 Å². The Bertz CT molecular complexity index is 515. The second-order valence-electron chi connectivity index (χ2n) is 4.78. The van der Waals surface area contributed by atoms with Crippen molar-refractivity contribution in [1.29, 1.82) is 0 Å². The highest BCUT2D eigenvalue weighted by Crippen LogP contribution is 2.11. The van der Waals surface area contributed by atoms with Crippen LogP contribution in [-0.2, 0) is 6.54 Å². The molecule has 0 saturated carbocycles. The lowest BCUT2D eigenvalue weighted by Gasteiger charge is -2.09. The van der Waals surface area contributed by atoms with E-state index in [1.165, 1.54) is 5.56 Å². The van der Waals surface area contributed by atoms with Crippen LogP contribution >= 0.6 is 0 Å². The molecule has 0 spiro atoms.